The number of aromatic hydroxyl groups is 1. The Morgan fingerprint density at radius 2 is 2.12 bits per heavy atom. The Labute approximate surface area is 120 Å². The number of hydrogen-bond acceptors (Lipinski definition) is 2. The summed E-state index contributed by atoms with van der Waals surface area (Å²) in [4.78, 5) is 13.8. The molecule has 0 aromatic heterocycles. The zero-order valence-corrected chi connectivity index (χ0v) is 12.9. The summed E-state index contributed by atoms with van der Waals surface area (Å²) in [6, 6.07) is 4.94. The van der Waals surface area contributed by atoms with Crippen molar-refractivity contribution in [2.75, 3.05) is 12.9 Å². The molecule has 0 fully saturated rings. The summed E-state index contributed by atoms with van der Waals surface area (Å²) >= 11 is 7.93. The van der Waals surface area contributed by atoms with Gasteiger partial charge in [-0.3, -0.25) is 4.79 Å². The third-order valence-electron chi connectivity index (χ3n) is 2.73. The highest BCUT2D eigenvalue weighted by molar-refractivity contribution is 14.1. The van der Waals surface area contributed by atoms with Crippen molar-refractivity contribution in [2.45, 2.75) is 19.4 Å². The number of phenolic OH excluding ortho intramolecular Hbond substituents is 1. The number of halogens is 2. The Morgan fingerprint density at radius 1 is 1.53 bits per heavy atom. The predicted molar refractivity (Wildman–Crippen MR) is 77.7 cm³/mol. The maximum Gasteiger partial charge on any atom is 0.257 e. The summed E-state index contributed by atoms with van der Waals surface area (Å²) in [5.74, 6) is 0.0965. The van der Waals surface area contributed by atoms with Crippen LogP contribution in [0.25, 0.3) is 0 Å². The topological polar surface area (TPSA) is 40.5 Å². The van der Waals surface area contributed by atoms with Crippen molar-refractivity contribution in [3.63, 3.8) is 0 Å². The molecular weight excluding hydrogens is 352 g/mol. The third kappa shape index (κ3) is 3.25. The standard InChI is InChI=1S/C12H15ClINO2/c1-12(2,7-13)15(3)11(17)9-6-8(14)4-5-10(9)16/h4-6,16H,7H2,1-3H3. The Kier molecular flexibility index (Phi) is 4.66. The smallest absolute Gasteiger partial charge is 0.257 e. The van der Waals surface area contributed by atoms with Gasteiger partial charge in [0.05, 0.1) is 11.1 Å². The van der Waals surface area contributed by atoms with E-state index >= 15 is 0 Å². The van der Waals surface area contributed by atoms with E-state index in [1.165, 1.54) is 6.07 Å². The zero-order chi connectivity index (χ0) is 13.2. The molecule has 0 spiro atoms. The fraction of sp³-hybridized carbons (Fsp3) is 0.417. The lowest BCUT2D eigenvalue weighted by atomic mass is 10.0. The van der Waals surface area contributed by atoms with E-state index in [1.54, 1.807) is 24.1 Å². The van der Waals surface area contributed by atoms with E-state index in [-0.39, 0.29) is 11.7 Å². The molecule has 0 atom stereocenters. The molecule has 0 unspecified atom stereocenters. The molecule has 0 radical (unpaired) electrons. The lowest BCUT2D eigenvalue weighted by Crippen LogP contribution is -2.46. The summed E-state index contributed by atoms with van der Waals surface area (Å²) in [5.41, 5.74) is -0.149. The molecule has 1 aromatic rings. The van der Waals surface area contributed by atoms with Crippen LogP contribution in [0.3, 0.4) is 0 Å². The Balaban J connectivity index is 3.08. The number of hydrogen-bond donors (Lipinski definition) is 1. The molecule has 3 nitrogen and oxygen atoms in total. The third-order valence-corrected chi connectivity index (χ3v) is 4.05. The maximum absolute atomic E-state index is 12.2. The number of alkyl halides is 1. The van der Waals surface area contributed by atoms with Crippen LogP contribution in [-0.2, 0) is 0 Å². The highest BCUT2D eigenvalue weighted by Crippen LogP contribution is 2.24. The van der Waals surface area contributed by atoms with Crippen LogP contribution in [0.1, 0.15) is 24.2 Å². The van der Waals surface area contributed by atoms with E-state index in [0.717, 1.165) is 3.57 Å². The Morgan fingerprint density at radius 3 is 2.65 bits per heavy atom. The van der Waals surface area contributed by atoms with Gasteiger partial charge in [0.2, 0.25) is 0 Å². The minimum absolute atomic E-state index is 0.00682. The fourth-order valence-electron chi connectivity index (χ4n) is 1.22. The van der Waals surface area contributed by atoms with Crippen molar-refractivity contribution in [1.82, 2.24) is 4.90 Å². The molecule has 0 aliphatic rings. The molecule has 0 bridgehead atoms. The monoisotopic (exact) mass is 367 g/mol. The number of carbonyl (C=O) groups excluding carboxylic acids is 1. The van der Waals surface area contributed by atoms with Gasteiger partial charge in [0.1, 0.15) is 5.75 Å². The molecule has 0 aliphatic carbocycles. The normalized spacial score (nSPS) is 11.4. The van der Waals surface area contributed by atoms with Crippen molar-refractivity contribution in [2.24, 2.45) is 0 Å². The molecule has 5 heteroatoms. The number of carbonyl (C=O) groups is 1. The Hall–Kier alpha value is -0.490. The molecule has 17 heavy (non-hydrogen) atoms. The number of benzene rings is 1. The average Bonchev–Trinajstić information content (AvgIpc) is 2.30. The van der Waals surface area contributed by atoms with Crippen molar-refractivity contribution in [3.8, 4) is 5.75 Å². The van der Waals surface area contributed by atoms with Crippen LogP contribution in [0.15, 0.2) is 18.2 Å². The van der Waals surface area contributed by atoms with Gasteiger partial charge in [-0.2, -0.15) is 0 Å². The molecule has 1 amide bonds. The van der Waals surface area contributed by atoms with Crippen LogP contribution >= 0.6 is 34.2 Å². The first-order chi connectivity index (χ1) is 7.79. The Bertz CT molecular complexity index is 435. The van der Waals surface area contributed by atoms with Gasteiger partial charge < -0.3 is 10.0 Å². The predicted octanol–water partition coefficient (Wildman–Crippen LogP) is 3.09. The first kappa shape index (κ1) is 14.6. The number of phenols is 1. The van der Waals surface area contributed by atoms with E-state index in [1.807, 2.05) is 13.8 Å². The van der Waals surface area contributed by atoms with Gasteiger partial charge in [-0.1, -0.05) is 0 Å². The van der Waals surface area contributed by atoms with E-state index in [9.17, 15) is 9.90 Å². The number of rotatable bonds is 3. The van der Waals surface area contributed by atoms with Gasteiger partial charge >= 0.3 is 0 Å². The summed E-state index contributed by atoms with van der Waals surface area (Å²) < 4.78 is 0.904. The van der Waals surface area contributed by atoms with Crippen molar-refractivity contribution >= 4 is 40.1 Å². The van der Waals surface area contributed by atoms with Crippen LogP contribution in [0.5, 0.6) is 5.75 Å². The lowest BCUT2D eigenvalue weighted by molar-refractivity contribution is 0.0657. The van der Waals surface area contributed by atoms with Crippen molar-refractivity contribution in [1.29, 1.82) is 0 Å². The van der Waals surface area contributed by atoms with Crippen LogP contribution in [-0.4, -0.2) is 34.4 Å². The van der Waals surface area contributed by atoms with Crippen LogP contribution in [0, 0.1) is 3.57 Å². The molecule has 1 N–H and O–H groups in total. The maximum atomic E-state index is 12.2. The molecular formula is C12H15ClINO2. The van der Waals surface area contributed by atoms with Gasteiger partial charge in [0.25, 0.3) is 5.91 Å². The second-order valence-electron chi connectivity index (χ2n) is 4.47. The molecule has 0 saturated carbocycles. The van der Waals surface area contributed by atoms with E-state index < -0.39 is 5.54 Å². The SMILES string of the molecule is CN(C(=O)c1cc(I)ccc1O)C(C)(C)CCl. The zero-order valence-electron chi connectivity index (χ0n) is 10.00. The second kappa shape index (κ2) is 5.44. The second-order valence-corrected chi connectivity index (χ2v) is 5.98. The molecule has 0 aliphatic heterocycles. The van der Waals surface area contributed by atoms with Crippen LogP contribution in [0.4, 0.5) is 0 Å². The lowest BCUT2D eigenvalue weighted by Gasteiger charge is -2.34. The van der Waals surface area contributed by atoms with E-state index in [4.69, 9.17) is 11.6 Å². The highest BCUT2D eigenvalue weighted by Gasteiger charge is 2.28. The summed E-state index contributed by atoms with van der Waals surface area (Å²) in [6.07, 6.45) is 0. The largest absolute Gasteiger partial charge is 0.507 e. The van der Waals surface area contributed by atoms with Crippen molar-refractivity contribution in [3.05, 3.63) is 27.3 Å². The van der Waals surface area contributed by atoms with Gasteiger partial charge in [0, 0.05) is 16.5 Å². The minimum atomic E-state index is -0.452. The minimum Gasteiger partial charge on any atom is -0.507 e. The van der Waals surface area contributed by atoms with Gasteiger partial charge in [-0.05, 0) is 54.6 Å². The summed E-state index contributed by atoms with van der Waals surface area (Å²) in [6.45, 7) is 3.76. The van der Waals surface area contributed by atoms with Crippen molar-refractivity contribution < 1.29 is 9.90 Å². The molecule has 1 rings (SSSR count). The van der Waals surface area contributed by atoms with Crippen LogP contribution < -0.4 is 0 Å². The van der Waals surface area contributed by atoms with Gasteiger partial charge in [0.15, 0.2) is 0 Å². The first-order valence-electron chi connectivity index (χ1n) is 5.12. The fourth-order valence-corrected chi connectivity index (χ4v) is 1.90. The number of nitrogens with zero attached hydrogens (tertiary/aromatic N) is 1. The first-order valence-corrected chi connectivity index (χ1v) is 6.73. The average molecular weight is 368 g/mol. The summed E-state index contributed by atoms with van der Waals surface area (Å²) in [5, 5.41) is 9.71. The van der Waals surface area contributed by atoms with Crippen LogP contribution in [0.2, 0.25) is 0 Å². The summed E-state index contributed by atoms with van der Waals surface area (Å²) in [7, 11) is 1.68. The van der Waals surface area contributed by atoms with Gasteiger partial charge in [-0.15, -0.1) is 11.6 Å². The molecule has 0 saturated heterocycles. The van der Waals surface area contributed by atoms with E-state index in [2.05, 4.69) is 22.6 Å². The quantitative estimate of drug-likeness (QED) is 0.659. The van der Waals surface area contributed by atoms with E-state index in [0.29, 0.717) is 11.4 Å². The van der Waals surface area contributed by atoms with Gasteiger partial charge in [-0.25, -0.2) is 0 Å². The molecule has 1 aromatic carbocycles. The molecule has 0 heterocycles. The highest BCUT2D eigenvalue weighted by atomic mass is 127. The molecule has 94 valence electrons. The number of amides is 1.